The van der Waals surface area contributed by atoms with E-state index in [2.05, 4.69) is 42.2 Å². The van der Waals surface area contributed by atoms with E-state index < -0.39 is 0 Å². The van der Waals surface area contributed by atoms with E-state index in [1.54, 1.807) is 0 Å². The van der Waals surface area contributed by atoms with Crippen LogP contribution in [0.1, 0.15) is 65.8 Å². The van der Waals surface area contributed by atoms with Gasteiger partial charge >= 0.3 is 0 Å². The maximum atomic E-state index is 13.3. The fourth-order valence-electron chi connectivity index (χ4n) is 4.66. The molecule has 0 N–H and O–H groups in total. The minimum Gasteiger partial charge on any atom is -0.339 e. The zero-order valence-corrected chi connectivity index (χ0v) is 17.8. The van der Waals surface area contributed by atoms with Gasteiger partial charge in [-0.25, -0.2) is 0 Å². The summed E-state index contributed by atoms with van der Waals surface area (Å²) < 4.78 is 0. The standard InChI is InChI=1S/C25H33N3O/c1-19-10-16-28(17-11-19)25(29)23-9-8-20(2)26-24(23)22-12-14-27(15-13-22)18-21-6-4-3-5-7-21/h3-9,19,22H,10-18H2,1-2H3. The first-order chi connectivity index (χ1) is 14.1. The lowest BCUT2D eigenvalue weighted by molar-refractivity contribution is 0.0694. The first kappa shape index (κ1) is 20.1. The van der Waals surface area contributed by atoms with Gasteiger partial charge in [0.05, 0.1) is 11.3 Å². The van der Waals surface area contributed by atoms with Crippen LogP contribution in [0.3, 0.4) is 0 Å². The number of benzene rings is 1. The van der Waals surface area contributed by atoms with Gasteiger partial charge in [0.2, 0.25) is 0 Å². The highest BCUT2D eigenvalue weighted by atomic mass is 16.2. The number of carbonyl (C=O) groups excluding carboxylic acids is 1. The van der Waals surface area contributed by atoms with Crippen molar-refractivity contribution >= 4 is 5.91 Å². The number of nitrogens with zero attached hydrogens (tertiary/aromatic N) is 3. The summed E-state index contributed by atoms with van der Waals surface area (Å²) in [6.07, 6.45) is 4.36. The van der Waals surface area contributed by atoms with Crippen LogP contribution in [-0.4, -0.2) is 46.9 Å². The monoisotopic (exact) mass is 391 g/mol. The van der Waals surface area contributed by atoms with E-state index in [0.29, 0.717) is 5.92 Å². The number of aromatic nitrogens is 1. The second-order valence-corrected chi connectivity index (χ2v) is 8.90. The third-order valence-corrected chi connectivity index (χ3v) is 6.59. The molecule has 4 heteroatoms. The predicted molar refractivity (Wildman–Crippen MR) is 117 cm³/mol. The van der Waals surface area contributed by atoms with Crippen LogP contribution in [0.25, 0.3) is 0 Å². The lowest BCUT2D eigenvalue weighted by Gasteiger charge is -2.34. The van der Waals surface area contributed by atoms with Crippen LogP contribution in [0.5, 0.6) is 0 Å². The summed E-state index contributed by atoms with van der Waals surface area (Å²) in [5, 5.41) is 0. The fraction of sp³-hybridized carbons (Fsp3) is 0.520. The third-order valence-electron chi connectivity index (χ3n) is 6.59. The molecule has 2 aliphatic rings. The lowest BCUT2D eigenvalue weighted by atomic mass is 9.89. The average Bonchev–Trinajstić information content (AvgIpc) is 2.75. The van der Waals surface area contributed by atoms with Crippen LogP contribution >= 0.6 is 0 Å². The van der Waals surface area contributed by atoms with E-state index in [0.717, 1.165) is 81.3 Å². The van der Waals surface area contributed by atoms with Crippen molar-refractivity contribution in [2.75, 3.05) is 26.2 Å². The van der Waals surface area contributed by atoms with Crippen LogP contribution in [0, 0.1) is 12.8 Å². The number of carbonyl (C=O) groups is 1. The minimum atomic E-state index is 0.186. The number of hydrogen-bond acceptors (Lipinski definition) is 3. The Hall–Kier alpha value is -2.20. The van der Waals surface area contributed by atoms with Crippen molar-refractivity contribution in [3.8, 4) is 0 Å². The zero-order valence-electron chi connectivity index (χ0n) is 17.8. The molecule has 0 unspecified atom stereocenters. The Morgan fingerprint density at radius 3 is 2.34 bits per heavy atom. The van der Waals surface area contributed by atoms with Gasteiger partial charge in [-0.2, -0.15) is 0 Å². The van der Waals surface area contributed by atoms with Crippen LogP contribution in [0.15, 0.2) is 42.5 Å². The van der Waals surface area contributed by atoms with Crippen molar-refractivity contribution in [1.29, 1.82) is 0 Å². The van der Waals surface area contributed by atoms with Crippen molar-refractivity contribution in [3.63, 3.8) is 0 Å². The van der Waals surface area contributed by atoms with Crippen molar-refractivity contribution in [3.05, 3.63) is 65.0 Å². The summed E-state index contributed by atoms with van der Waals surface area (Å²) in [4.78, 5) is 22.7. The smallest absolute Gasteiger partial charge is 0.255 e. The maximum absolute atomic E-state index is 13.3. The number of rotatable bonds is 4. The Morgan fingerprint density at radius 2 is 1.66 bits per heavy atom. The molecule has 2 fully saturated rings. The number of amides is 1. The number of pyridine rings is 1. The van der Waals surface area contributed by atoms with Crippen molar-refractivity contribution in [2.24, 2.45) is 5.92 Å². The van der Waals surface area contributed by atoms with Crippen molar-refractivity contribution < 1.29 is 4.79 Å². The van der Waals surface area contributed by atoms with E-state index in [-0.39, 0.29) is 5.91 Å². The molecule has 154 valence electrons. The van der Waals surface area contributed by atoms with Gasteiger partial charge in [0.1, 0.15) is 0 Å². The highest BCUT2D eigenvalue weighted by Gasteiger charge is 2.29. The van der Waals surface area contributed by atoms with Gasteiger partial charge < -0.3 is 4.90 Å². The SMILES string of the molecule is Cc1ccc(C(=O)N2CCC(C)CC2)c(C2CCN(Cc3ccccc3)CC2)n1. The number of aryl methyl sites for hydroxylation is 1. The molecule has 0 saturated carbocycles. The molecular weight excluding hydrogens is 358 g/mol. The summed E-state index contributed by atoms with van der Waals surface area (Å²) in [7, 11) is 0. The Bertz CT molecular complexity index is 819. The molecule has 4 rings (SSSR count). The lowest BCUT2D eigenvalue weighted by Crippen LogP contribution is -2.39. The van der Waals surface area contributed by atoms with E-state index in [1.807, 2.05) is 24.0 Å². The Labute approximate surface area is 174 Å². The van der Waals surface area contributed by atoms with Gasteiger partial charge in [-0.1, -0.05) is 37.3 Å². The molecule has 2 aliphatic heterocycles. The summed E-state index contributed by atoms with van der Waals surface area (Å²) in [6, 6.07) is 14.7. The van der Waals surface area contributed by atoms with E-state index >= 15 is 0 Å². The van der Waals surface area contributed by atoms with Crippen LogP contribution in [-0.2, 0) is 6.54 Å². The van der Waals surface area contributed by atoms with E-state index in [1.165, 1.54) is 5.56 Å². The predicted octanol–water partition coefficient (Wildman–Crippen LogP) is 4.64. The molecule has 1 aromatic carbocycles. The molecule has 2 aromatic rings. The first-order valence-corrected chi connectivity index (χ1v) is 11.1. The number of likely N-dealkylation sites (tertiary alicyclic amines) is 2. The van der Waals surface area contributed by atoms with Gasteiger partial charge in [0.25, 0.3) is 5.91 Å². The normalized spacial score (nSPS) is 19.4. The molecule has 0 radical (unpaired) electrons. The fourth-order valence-corrected chi connectivity index (χ4v) is 4.66. The first-order valence-electron chi connectivity index (χ1n) is 11.1. The van der Waals surface area contributed by atoms with Crippen molar-refractivity contribution in [1.82, 2.24) is 14.8 Å². The molecule has 0 spiro atoms. The summed E-state index contributed by atoms with van der Waals surface area (Å²) in [5.41, 5.74) is 4.25. The molecule has 3 heterocycles. The van der Waals surface area contributed by atoms with Crippen LogP contribution in [0.2, 0.25) is 0 Å². The van der Waals surface area contributed by atoms with Gasteiger partial charge in [0.15, 0.2) is 0 Å². The zero-order chi connectivity index (χ0) is 20.2. The second kappa shape index (κ2) is 9.08. The van der Waals surface area contributed by atoms with Crippen LogP contribution < -0.4 is 0 Å². The van der Waals surface area contributed by atoms with Crippen LogP contribution in [0.4, 0.5) is 0 Å². The summed E-state index contributed by atoms with van der Waals surface area (Å²) in [5.74, 6) is 1.29. The van der Waals surface area contributed by atoms with Gasteiger partial charge in [0, 0.05) is 31.2 Å². The highest BCUT2D eigenvalue weighted by Crippen LogP contribution is 2.31. The molecule has 29 heavy (non-hydrogen) atoms. The number of hydrogen-bond donors (Lipinski definition) is 0. The van der Waals surface area contributed by atoms with Gasteiger partial charge in [-0.05, 0) is 69.3 Å². The molecule has 1 amide bonds. The average molecular weight is 392 g/mol. The molecule has 1 aromatic heterocycles. The summed E-state index contributed by atoms with van der Waals surface area (Å²) in [6.45, 7) is 9.20. The molecule has 0 atom stereocenters. The van der Waals surface area contributed by atoms with Crippen molar-refractivity contribution in [2.45, 2.75) is 52.0 Å². The minimum absolute atomic E-state index is 0.186. The quantitative estimate of drug-likeness (QED) is 0.762. The molecule has 2 saturated heterocycles. The molecule has 4 nitrogen and oxygen atoms in total. The molecular formula is C25H33N3O. The highest BCUT2D eigenvalue weighted by molar-refractivity contribution is 5.95. The van der Waals surface area contributed by atoms with Gasteiger partial charge in [-0.3, -0.25) is 14.7 Å². The Morgan fingerprint density at radius 1 is 0.966 bits per heavy atom. The van der Waals surface area contributed by atoms with Gasteiger partial charge in [-0.15, -0.1) is 0 Å². The van der Waals surface area contributed by atoms with E-state index in [4.69, 9.17) is 4.98 Å². The topological polar surface area (TPSA) is 36.4 Å². The third kappa shape index (κ3) is 4.87. The van der Waals surface area contributed by atoms with E-state index in [9.17, 15) is 4.79 Å². The second-order valence-electron chi connectivity index (χ2n) is 8.90. The maximum Gasteiger partial charge on any atom is 0.255 e. The Kier molecular flexibility index (Phi) is 6.29. The summed E-state index contributed by atoms with van der Waals surface area (Å²) >= 11 is 0. The molecule has 0 aliphatic carbocycles. The Balaban J connectivity index is 1.44. The largest absolute Gasteiger partial charge is 0.339 e. The molecule has 0 bridgehead atoms. The number of piperidine rings is 2.